The summed E-state index contributed by atoms with van der Waals surface area (Å²) in [5, 5.41) is 4.20. The third-order valence-electron chi connectivity index (χ3n) is 6.04. The topological polar surface area (TPSA) is 70.1 Å². The largest absolute Gasteiger partial charge is 0.419 e. The number of anilines is 1. The quantitative estimate of drug-likeness (QED) is 0.522. The van der Waals surface area contributed by atoms with E-state index in [1.54, 1.807) is 37.8 Å². The van der Waals surface area contributed by atoms with E-state index in [2.05, 4.69) is 10.1 Å². The molecule has 4 rings (SSSR count). The third kappa shape index (κ3) is 4.33. The van der Waals surface area contributed by atoms with Crippen LogP contribution in [0.3, 0.4) is 0 Å². The highest BCUT2D eigenvalue weighted by molar-refractivity contribution is 5.50. The van der Waals surface area contributed by atoms with Crippen molar-refractivity contribution in [1.29, 1.82) is 0 Å². The maximum atomic E-state index is 15.0. The summed E-state index contributed by atoms with van der Waals surface area (Å²) < 4.78 is 66.0. The Morgan fingerprint density at radius 1 is 1.24 bits per heavy atom. The minimum absolute atomic E-state index is 0.181. The molecule has 0 aliphatic carbocycles. The van der Waals surface area contributed by atoms with Gasteiger partial charge in [0.05, 0.1) is 31.0 Å². The van der Waals surface area contributed by atoms with Gasteiger partial charge < -0.3 is 9.64 Å². The normalized spacial score (nSPS) is 16.9. The van der Waals surface area contributed by atoms with Crippen molar-refractivity contribution >= 4 is 5.82 Å². The second-order valence-corrected chi connectivity index (χ2v) is 8.37. The molecule has 34 heavy (non-hydrogen) atoms. The molecule has 3 aromatic rings. The number of halogens is 4. The molecule has 184 valence electrons. The first-order chi connectivity index (χ1) is 16.0. The molecule has 3 aromatic heterocycles. The predicted octanol–water partition coefficient (Wildman–Crippen LogP) is 3.30. The van der Waals surface area contributed by atoms with Crippen LogP contribution in [-0.2, 0) is 24.0 Å². The van der Waals surface area contributed by atoms with E-state index in [0.29, 0.717) is 24.0 Å². The second-order valence-electron chi connectivity index (χ2n) is 8.37. The molecule has 0 radical (unpaired) electrons. The van der Waals surface area contributed by atoms with Crippen molar-refractivity contribution in [3.05, 3.63) is 57.3 Å². The molecule has 0 saturated carbocycles. The molecule has 1 saturated heterocycles. The zero-order valence-corrected chi connectivity index (χ0v) is 19.4. The Morgan fingerprint density at radius 2 is 1.97 bits per heavy atom. The van der Waals surface area contributed by atoms with E-state index in [1.807, 2.05) is 6.92 Å². The molecule has 12 heteroatoms. The average Bonchev–Trinajstić information content (AvgIpc) is 3.32. The van der Waals surface area contributed by atoms with Crippen LogP contribution in [0.1, 0.15) is 36.4 Å². The highest BCUT2D eigenvalue weighted by Crippen LogP contribution is 2.36. The number of aryl methyl sites for hydroxylation is 1. The predicted molar refractivity (Wildman–Crippen MR) is 117 cm³/mol. The SMILES string of the molecule is CCn1cc(Cn2c(C)c(C)n(-c3cc(C(F)(F)F)c(F)c(N4CCO[C@H](C)C4)n3)c2=O)cn1. The van der Waals surface area contributed by atoms with Crippen molar-refractivity contribution in [1.82, 2.24) is 23.9 Å². The van der Waals surface area contributed by atoms with Gasteiger partial charge in [0, 0.05) is 42.8 Å². The van der Waals surface area contributed by atoms with Crippen molar-refractivity contribution in [2.24, 2.45) is 0 Å². The fraction of sp³-hybridized carbons (Fsp3) is 0.500. The Kier molecular flexibility index (Phi) is 6.28. The van der Waals surface area contributed by atoms with Crippen LogP contribution >= 0.6 is 0 Å². The number of pyridine rings is 1. The molecule has 8 nitrogen and oxygen atoms in total. The summed E-state index contributed by atoms with van der Waals surface area (Å²) in [7, 11) is 0. The molecule has 4 heterocycles. The Balaban J connectivity index is 1.85. The lowest BCUT2D eigenvalue weighted by molar-refractivity contribution is -0.140. The number of aromatic nitrogens is 5. The maximum absolute atomic E-state index is 15.0. The number of ether oxygens (including phenoxy) is 1. The van der Waals surface area contributed by atoms with Crippen LogP contribution in [0.15, 0.2) is 23.3 Å². The van der Waals surface area contributed by atoms with Crippen molar-refractivity contribution in [2.75, 3.05) is 24.6 Å². The van der Waals surface area contributed by atoms with Gasteiger partial charge in [0.2, 0.25) is 0 Å². The van der Waals surface area contributed by atoms with Gasteiger partial charge in [-0.2, -0.15) is 18.3 Å². The van der Waals surface area contributed by atoms with E-state index in [1.165, 1.54) is 9.47 Å². The van der Waals surface area contributed by atoms with Crippen LogP contribution in [0.2, 0.25) is 0 Å². The van der Waals surface area contributed by atoms with Crippen molar-refractivity contribution in [3.63, 3.8) is 0 Å². The highest BCUT2D eigenvalue weighted by atomic mass is 19.4. The lowest BCUT2D eigenvalue weighted by Gasteiger charge is -2.32. The number of rotatable bonds is 5. The summed E-state index contributed by atoms with van der Waals surface area (Å²) in [6.45, 7) is 8.46. The molecular formula is C22H26F4N6O2. The lowest BCUT2D eigenvalue weighted by atomic mass is 10.2. The van der Waals surface area contributed by atoms with Gasteiger partial charge in [-0.3, -0.25) is 9.25 Å². The zero-order valence-electron chi connectivity index (χ0n) is 19.4. The molecule has 1 aliphatic heterocycles. The van der Waals surface area contributed by atoms with Gasteiger partial charge in [-0.15, -0.1) is 0 Å². The van der Waals surface area contributed by atoms with Crippen LogP contribution < -0.4 is 10.6 Å². The van der Waals surface area contributed by atoms with Crippen LogP contribution in [0.5, 0.6) is 0 Å². The molecule has 1 atom stereocenters. The Morgan fingerprint density at radius 3 is 2.59 bits per heavy atom. The lowest BCUT2D eigenvalue weighted by Crippen LogP contribution is -2.42. The molecule has 0 N–H and O–H groups in total. The van der Waals surface area contributed by atoms with Crippen molar-refractivity contribution < 1.29 is 22.3 Å². The Bertz CT molecular complexity index is 1260. The summed E-state index contributed by atoms with van der Waals surface area (Å²) in [6, 6.07) is 0.593. The Labute approximate surface area is 193 Å². The zero-order chi connectivity index (χ0) is 24.8. The molecule has 0 unspecified atom stereocenters. The molecule has 0 bridgehead atoms. The smallest absolute Gasteiger partial charge is 0.375 e. The van der Waals surface area contributed by atoms with Crippen molar-refractivity contribution in [2.45, 2.75) is 53.1 Å². The number of hydrogen-bond donors (Lipinski definition) is 0. The van der Waals surface area contributed by atoms with Gasteiger partial charge in [-0.25, -0.2) is 18.7 Å². The van der Waals surface area contributed by atoms with Gasteiger partial charge in [-0.1, -0.05) is 0 Å². The fourth-order valence-electron chi connectivity index (χ4n) is 4.11. The minimum atomic E-state index is -4.96. The molecule has 1 aliphatic rings. The summed E-state index contributed by atoms with van der Waals surface area (Å²) in [4.78, 5) is 19.0. The van der Waals surface area contributed by atoms with Crippen LogP contribution in [-0.4, -0.2) is 49.7 Å². The Hall–Kier alpha value is -3.15. The van der Waals surface area contributed by atoms with Crippen molar-refractivity contribution in [3.8, 4) is 5.82 Å². The molecule has 1 fully saturated rings. The van der Waals surface area contributed by atoms with Crippen LogP contribution in [0.4, 0.5) is 23.4 Å². The van der Waals surface area contributed by atoms with Crippen LogP contribution in [0, 0.1) is 19.7 Å². The van der Waals surface area contributed by atoms with E-state index in [9.17, 15) is 18.0 Å². The number of nitrogens with zero attached hydrogens (tertiary/aromatic N) is 6. The summed E-state index contributed by atoms with van der Waals surface area (Å²) >= 11 is 0. The number of alkyl halides is 3. The van der Waals surface area contributed by atoms with E-state index in [-0.39, 0.29) is 38.2 Å². The van der Waals surface area contributed by atoms with Gasteiger partial charge in [0.15, 0.2) is 11.6 Å². The van der Waals surface area contributed by atoms with Gasteiger partial charge >= 0.3 is 11.9 Å². The number of morpholine rings is 1. The standard InChI is InChI=1S/C22H26F4N6O2/c1-5-30-11-16(9-27-30)12-31-14(3)15(4)32(21(31)33)18-8-17(22(24,25)26)19(23)20(28-18)29-6-7-34-13(2)10-29/h8-9,11,13H,5-7,10,12H2,1-4H3/t13-/m1/s1. The minimum Gasteiger partial charge on any atom is -0.375 e. The van der Waals surface area contributed by atoms with Gasteiger partial charge in [-0.05, 0) is 33.8 Å². The molecule has 0 amide bonds. The number of hydrogen-bond acceptors (Lipinski definition) is 5. The van der Waals surface area contributed by atoms with Crippen LogP contribution in [0.25, 0.3) is 5.82 Å². The second kappa shape index (κ2) is 8.90. The van der Waals surface area contributed by atoms with E-state index in [4.69, 9.17) is 4.74 Å². The first-order valence-corrected chi connectivity index (χ1v) is 11.0. The first-order valence-electron chi connectivity index (χ1n) is 11.0. The van der Waals surface area contributed by atoms with E-state index in [0.717, 1.165) is 10.1 Å². The summed E-state index contributed by atoms with van der Waals surface area (Å²) in [5.41, 5.74) is -0.271. The highest BCUT2D eigenvalue weighted by Gasteiger charge is 2.38. The molecule has 0 aromatic carbocycles. The summed E-state index contributed by atoms with van der Waals surface area (Å²) in [6.07, 6.45) is -1.82. The third-order valence-corrected chi connectivity index (χ3v) is 6.04. The average molecular weight is 482 g/mol. The van der Waals surface area contributed by atoms with Gasteiger partial charge in [0.25, 0.3) is 0 Å². The monoisotopic (exact) mass is 482 g/mol. The van der Waals surface area contributed by atoms with E-state index < -0.39 is 29.1 Å². The van der Waals surface area contributed by atoms with Gasteiger partial charge in [0.1, 0.15) is 5.82 Å². The number of imidazole rings is 1. The molecule has 0 spiro atoms. The van der Waals surface area contributed by atoms with E-state index >= 15 is 4.39 Å². The molecular weight excluding hydrogens is 456 g/mol. The summed E-state index contributed by atoms with van der Waals surface area (Å²) in [5.74, 6) is -2.18. The fourth-order valence-corrected chi connectivity index (χ4v) is 4.11. The maximum Gasteiger partial charge on any atom is 0.419 e. The first kappa shape index (κ1) is 24.0.